The van der Waals surface area contributed by atoms with Gasteiger partial charge in [0.2, 0.25) is 5.91 Å². The minimum absolute atomic E-state index is 0.0894. The van der Waals surface area contributed by atoms with Crippen LogP contribution >= 0.6 is 34.7 Å². The Labute approximate surface area is 163 Å². The molecule has 1 heterocycles. The van der Waals surface area contributed by atoms with Crippen LogP contribution in [0.4, 0.5) is 5.13 Å². The summed E-state index contributed by atoms with van der Waals surface area (Å²) in [5.74, 6) is -0.300. The Kier molecular flexibility index (Phi) is 6.13. The summed E-state index contributed by atoms with van der Waals surface area (Å²) in [5, 5.41) is 7.59. The Balaban J connectivity index is 1.62. The number of benzene rings is 2. The number of carbonyl (C=O) groups is 2. The fourth-order valence-corrected chi connectivity index (χ4v) is 4.32. The van der Waals surface area contributed by atoms with Gasteiger partial charge in [0.25, 0.3) is 0 Å². The monoisotopic (exact) mass is 406 g/mol. The van der Waals surface area contributed by atoms with Gasteiger partial charge < -0.3 is 10.1 Å². The van der Waals surface area contributed by atoms with Crippen LogP contribution in [-0.4, -0.2) is 29.7 Å². The van der Waals surface area contributed by atoms with Crippen LogP contribution in [0.15, 0.2) is 46.7 Å². The summed E-state index contributed by atoms with van der Waals surface area (Å²) in [6.45, 7) is 0. The van der Waals surface area contributed by atoms with Gasteiger partial charge in [0.1, 0.15) is 0 Å². The van der Waals surface area contributed by atoms with E-state index in [4.69, 9.17) is 11.6 Å². The standard InChI is InChI=1S/C18H15ClN2O3S2/c1-24-16(23)8-12-9-26-18(20-12)21-15(22)10-25-14-7-3-5-11-4-2-6-13(19)17(11)14/h2-7,9H,8,10H2,1H3,(H,20,21,22). The van der Waals surface area contributed by atoms with E-state index in [9.17, 15) is 9.59 Å². The summed E-state index contributed by atoms with van der Waals surface area (Å²) >= 11 is 9.00. The van der Waals surface area contributed by atoms with Crippen molar-refractivity contribution in [2.24, 2.45) is 0 Å². The number of hydrogen-bond acceptors (Lipinski definition) is 6. The minimum atomic E-state index is -0.364. The van der Waals surface area contributed by atoms with Crippen molar-refractivity contribution in [1.82, 2.24) is 4.98 Å². The zero-order chi connectivity index (χ0) is 18.5. The molecule has 134 valence electrons. The average molecular weight is 407 g/mol. The largest absolute Gasteiger partial charge is 0.469 e. The van der Waals surface area contributed by atoms with Crippen molar-refractivity contribution in [2.75, 3.05) is 18.2 Å². The molecular formula is C18H15ClN2O3S2. The van der Waals surface area contributed by atoms with Crippen LogP contribution in [0.3, 0.4) is 0 Å². The molecule has 0 unspecified atom stereocenters. The van der Waals surface area contributed by atoms with Crippen molar-refractivity contribution in [2.45, 2.75) is 11.3 Å². The number of amides is 1. The molecule has 5 nitrogen and oxygen atoms in total. The lowest BCUT2D eigenvalue weighted by Gasteiger charge is -2.07. The van der Waals surface area contributed by atoms with Crippen LogP contribution < -0.4 is 5.32 Å². The molecule has 0 aliphatic rings. The lowest BCUT2D eigenvalue weighted by Crippen LogP contribution is -2.14. The Bertz CT molecular complexity index is 953. The van der Waals surface area contributed by atoms with Gasteiger partial charge in [-0.05, 0) is 17.5 Å². The molecule has 1 N–H and O–H groups in total. The van der Waals surface area contributed by atoms with E-state index < -0.39 is 0 Å². The molecule has 26 heavy (non-hydrogen) atoms. The number of thiazole rings is 1. The van der Waals surface area contributed by atoms with Gasteiger partial charge in [-0.15, -0.1) is 23.1 Å². The zero-order valence-electron chi connectivity index (χ0n) is 13.8. The van der Waals surface area contributed by atoms with E-state index in [2.05, 4.69) is 15.0 Å². The van der Waals surface area contributed by atoms with Gasteiger partial charge in [-0.1, -0.05) is 35.9 Å². The maximum Gasteiger partial charge on any atom is 0.311 e. The number of anilines is 1. The van der Waals surface area contributed by atoms with Gasteiger partial charge in [0.05, 0.1) is 25.0 Å². The molecule has 0 aliphatic carbocycles. The quantitative estimate of drug-likeness (QED) is 0.485. The molecule has 1 amide bonds. The number of hydrogen-bond donors (Lipinski definition) is 1. The summed E-state index contributed by atoms with van der Waals surface area (Å²) in [6, 6.07) is 11.6. The molecule has 0 saturated carbocycles. The number of halogens is 1. The predicted octanol–water partition coefficient (Wildman–Crippen LogP) is 4.40. The fraction of sp³-hybridized carbons (Fsp3) is 0.167. The number of nitrogens with zero attached hydrogens (tertiary/aromatic N) is 1. The summed E-state index contributed by atoms with van der Waals surface area (Å²) in [7, 11) is 1.33. The van der Waals surface area contributed by atoms with Gasteiger partial charge in [-0.3, -0.25) is 9.59 Å². The van der Waals surface area contributed by atoms with E-state index in [1.54, 1.807) is 5.38 Å². The molecule has 2 aromatic carbocycles. The number of esters is 1. The van der Waals surface area contributed by atoms with Crippen molar-refractivity contribution in [3.8, 4) is 0 Å². The SMILES string of the molecule is COC(=O)Cc1csc(NC(=O)CSc2cccc3cccc(Cl)c23)n1. The Hall–Kier alpha value is -2.09. The first-order chi connectivity index (χ1) is 12.6. The topological polar surface area (TPSA) is 68.3 Å². The van der Waals surface area contributed by atoms with Crippen LogP contribution in [0.5, 0.6) is 0 Å². The molecule has 0 aliphatic heterocycles. The second kappa shape index (κ2) is 8.53. The maximum atomic E-state index is 12.2. The van der Waals surface area contributed by atoms with Crippen molar-refractivity contribution in [1.29, 1.82) is 0 Å². The predicted molar refractivity (Wildman–Crippen MR) is 106 cm³/mol. The number of ether oxygens (including phenoxy) is 1. The second-order valence-electron chi connectivity index (χ2n) is 5.33. The minimum Gasteiger partial charge on any atom is -0.469 e. The molecule has 1 aromatic heterocycles. The first-order valence-corrected chi connectivity index (χ1v) is 9.92. The van der Waals surface area contributed by atoms with Crippen molar-refractivity contribution < 1.29 is 14.3 Å². The van der Waals surface area contributed by atoms with E-state index in [1.807, 2.05) is 36.4 Å². The van der Waals surface area contributed by atoms with E-state index in [0.717, 1.165) is 15.7 Å². The van der Waals surface area contributed by atoms with E-state index in [-0.39, 0.29) is 24.1 Å². The summed E-state index contributed by atoms with van der Waals surface area (Å²) in [6.07, 6.45) is 0.0894. The highest BCUT2D eigenvalue weighted by Crippen LogP contribution is 2.33. The number of nitrogens with one attached hydrogen (secondary N) is 1. The van der Waals surface area contributed by atoms with Gasteiger partial charge in [0.15, 0.2) is 5.13 Å². The molecule has 0 radical (unpaired) electrons. The highest BCUT2D eigenvalue weighted by molar-refractivity contribution is 8.00. The third-order valence-electron chi connectivity index (χ3n) is 3.53. The number of fused-ring (bicyclic) bond motifs is 1. The molecule has 0 fully saturated rings. The number of aromatic nitrogens is 1. The van der Waals surface area contributed by atoms with Crippen LogP contribution in [0, 0.1) is 0 Å². The van der Waals surface area contributed by atoms with Crippen molar-refractivity contribution in [3.05, 3.63) is 52.5 Å². The van der Waals surface area contributed by atoms with Crippen LogP contribution in [0.25, 0.3) is 10.8 Å². The lowest BCUT2D eigenvalue weighted by molar-refractivity contribution is -0.139. The smallest absolute Gasteiger partial charge is 0.311 e. The lowest BCUT2D eigenvalue weighted by atomic mass is 10.1. The van der Waals surface area contributed by atoms with Gasteiger partial charge >= 0.3 is 5.97 Å². The third-order valence-corrected chi connectivity index (χ3v) is 5.70. The molecule has 0 saturated heterocycles. The second-order valence-corrected chi connectivity index (χ2v) is 7.61. The Morgan fingerprint density at radius 2 is 2.04 bits per heavy atom. The molecule has 0 bridgehead atoms. The van der Waals surface area contributed by atoms with Crippen LogP contribution in [0.1, 0.15) is 5.69 Å². The highest BCUT2D eigenvalue weighted by Gasteiger charge is 2.12. The normalized spacial score (nSPS) is 10.7. The van der Waals surface area contributed by atoms with Gasteiger partial charge in [-0.25, -0.2) is 4.98 Å². The summed E-state index contributed by atoms with van der Waals surface area (Å²) in [5.41, 5.74) is 0.575. The molecule has 8 heteroatoms. The molecule has 3 aromatic rings. The van der Waals surface area contributed by atoms with Crippen LogP contribution in [-0.2, 0) is 20.7 Å². The fourth-order valence-electron chi connectivity index (χ4n) is 2.35. The zero-order valence-corrected chi connectivity index (χ0v) is 16.2. The average Bonchev–Trinajstić information content (AvgIpc) is 3.06. The maximum absolute atomic E-state index is 12.2. The number of thioether (sulfide) groups is 1. The van der Waals surface area contributed by atoms with Crippen LogP contribution in [0.2, 0.25) is 5.02 Å². The molecule has 3 rings (SSSR count). The first kappa shape index (κ1) is 18.7. The number of methoxy groups -OCH3 is 1. The molecule has 0 atom stereocenters. The van der Waals surface area contributed by atoms with Gasteiger partial charge in [-0.2, -0.15) is 0 Å². The third kappa shape index (κ3) is 4.55. The van der Waals surface area contributed by atoms with E-state index in [1.165, 1.54) is 30.2 Å². The van der Waals surface area contributed by atoms with Crippen molar-refractivity contribution in [3.63, 3.8) is 0 Å². The highest BCUT2D eigenvalue weighted by atomic mass is 35.5. The van der Waals surface area contributed by atoms with E-state index >= 15 is 0 Å². The van der Waals surface area contributed by atoms with Crippen molar-refractivity contribution >= 4 is 62.5 Å². The molecule has 0 spiro atoms. The molecular weight excluding hydrogens is 392 g/mol. The van der Waals surface area contributed by atoms with Gasteiger partial charge in [0, 0.05) is 20.7 Å². The summed E-state index contributed by atoms with van der Waals surface area (Å²) in [4.78, 5) is 28.6. The number of rotatable bonds is 6. The summed E-state index contributed by atoms with van der Waals surface area (Å²) < 4.78 is 4.60. The number of carbonyl (C=O) groups excluding carboxylic acids is 2. The Morgan fingerprint density at radius 1 is 1.27 bits per heavy atom. The first-order valence-electron chi connectivity index (χ1n) is 7.68. The van der Waals surface area contributed by atoms with E-state index in [0.29, 0.717) is 15.8 Å². The Morgan fingerprint density at radius 3 is 2.81 bits per heavy atom.